The van der Waals surface area contributed by atoms with E-state index in [9.17, 15) is 0 Å². The Morgan fingerprint density at radius 3 is 2.67 bits per heavy atom. The fraction of sp³-hybridized carbons (Fsp3) is 0.160. The summed E-state index contributed by atoms with van der Waals surface area (Å²) in [4.78, 5) is 9.31. The first kappa shape index (κ1) is 20.6. The average Bonchev–Trinajstić information content (AvgIpc) is 3.29. The summed E-state index contributed by atoms with van der Waals surface area (Å²) < 4.78 is 1.87. The lowest BCUT2D eigenvalue weighted by atomic mass is 10.1. The molecule has 0 aliphatic carbocycles. The van der Waals surface area contributed by atoms with Crippen LogP contribution >= 0.6 is 0 Å². The zero-order valence-corrected chi connectivity index (χ0v) is 18.5. The molecule has 1 aromatic carbocycles. The van der Waals surface area contributed by atoms with Crippen molar-refractivity contribution >= 4 is 28.4 Å². The van der Waals surface area contributed by atoms with E-state index in [-0.39, 0.29) is 0 Å². The minimum Gasteiger partial charge on any atom is -0.398 e. The van der Waals surface area contributed by atoms with E-state index in [1.165, 1.54) is 0 Å². The molecule has 8 nitrogen and oxygen atoms in total. The third-order valence-corrected chi connectivity index (χ3v) is 5.49. The van der Waals surface area contributed by atoms with Crippen LogP contribution in [0, 0.1) is 0 Å². The van der Waals surface area contributed by atoms with Crippen LogP contribution in [0.4, 0.5) is 17.3 Å². The van der Waals surface area contributed by atoms with Gasteiger partial charge in [-0.2, -0.15) is 10.2 Å². The summed E-state index contributed by atoms with van der Waals surface area (Å²) in [6.07, 6.45) is 7.45. The van der Waals surface area contributed by atoms with Gasteiger partial charge in [0.1, 0.15) is 5.82 Å². The fourth-order valence-corrected chi connectivity index (χ4v) is 3.58. The van der Waals surface area contributed by atoms with Gasteiger partial charge in [0.2, 0.25) is 0 Å². The Morgan fingerprint density at radius 1 is 0.939 bits per heavy atom. The van der Waals surface area contributed by atoms with Gasteiger partial charge in [-0.15, -0.1) is 5.10 Å². The van der Waals surface area contributed by atoms with Crippen molar-refractivity contribution in [1.29, 1.82) is 0 Å². The Hall–Kier alpha value is -4.33. The largest absolute Gasteiger partial charge is 0.398 e. The maximum atomic E-state index is 6.07. The second-order valence-corrected chi connectivity index (χ2v) is 8.24. The van der Waals surface area contributed by atoms with Gasteiger partial charge in [0, 0.05) is 29.2 Å². The van der Waals surface area contributed by atoms with Gasteiger partial charge >= 0.3 is 0 Å². The number of hydrogen-bond acceptors (Lipinski definition) is 7. The first-order chi connectivity index (χ1) is 16.0. The highest BCUT2D eigenvalue weighted by molar-refractivity contribution is 5.81. The second kappa shape index (κ2) is 8.66. The van der Waals surface area contributed by atoms with E-state index in [0.717, 1.165) is 39.0 Å². The highest BCUT2D eigenvalue weighted by Gasteiger charge is 2.08. The molecular weight excluding hydrogens is 412 g/mol. The van der Waals surface area contributed by atoms with Crippen LogP contribution < -0.4 is 11.1 Å². The highest BCUT2D eigenvalue weighted by atomic mass is 15.3. The molecule has 4 heterocycles. The van der Waals surface area contributed by atoms with Gasteiger partial charge in [-0.3, -0.25) is 9.67 Å². The molecular formula is C25H24N8. The lowest BCUT2D eigenvalue weighted by molar-refractivity contribution is 0.688. The first-order valence-corrected chi connectivity index (χ1v) is 10.8. The summed E-state index contributed by atoms with van der Waals surface area (Å²) in [5.41, 5.74) is 12.5. The van der Waals surface area contributed by atoms with Crippen LogP contribution in [-0.4, -0.2) is 29.9 Å². The van der Waals surface area contributed by atoms with Crippen molar-refractivity contribution in [2.24, 2.45) is 0 Å². The van der Waals surface area contributed by atoms with E-state index >= 15 is 0 Å². The Balaban J connectivity index is 1.40. The van der Waals surface area contributed by atoms with E-state index in [0.29, 0.717) is 24.1 Å². The second-order valence-electron chi connectivity index (χ2n) is 8.24. The normalized spacial score (nSPS) is 11.2. The van der Waals surface area contributed by atoms with Gasteiger partial charge in [0.25, 0.3) is 0 Å². The van der Waals surface area contributed by atoms with Gasteiger partial charge in [-0.05, 0) is 47.4 Å². The van der Waals surface area contributed by atoms with Crippen molar-refractivity contribution in [3.8, 4) is 11.1 Å². The van der Waals surface area contributed by atoms with Crippen molar-refractivity contribution in [3.63, 3.8) is 0 Å². The van der Waals surface area contributed by atoms with E-state index in [2.05, 4.69) is 39.4 Å². The Morgan fingerprint density at radius 2 is 1.82 bits per heavy atom. The summed E-state index contributed by atoms with van der Waals surface area (Å²) >= 11 is 0. The number of nitrogens with zero attached hydrogens (tertiary/aromatic N) is 6. The Labute approximate surface area is 191 Å². The summed E-state index contributed by atoms with van der Waals surface area (Å²) in [6.45, 7) is 4.86. The molecule has 8 heteroatoms. The van der Waals surface area contributed by atoms with Crippen LogP contribution in [0.3, 0.4) is 0 Å². The molecule has 0 bridgehead atoms. The fourth-order valence-electron chi connectivity index (χ4n) is 3.58. The lowest BCUT2D eigenvalue weighted by Gasteiger charge is -2.09. The molecule has 0 unspecified atom stereocenters. The molecule has 5 aromatic rings. The van der Waals surface area contributed by atoms with Crippen molar-refractivity contribution < 1.29 is 0 Å². The molecule has 0 atom stereocenters. The Bertz CT molecular complexity index is 1420. The third kappa shape index (κ3) is 4.50. The topological polar surface area (TPSA) is 107 Å². The minimum absolute atomic E-state index is 0.372. The van der Waals surface area contributed by atoms with Crippen molar-refractivity contribution in [3.05, 3.63) is 84.4 Å². The maximum absolute atomic E-state index is 6.07. The van der Waals surface area contributed by atoms with Gasteiger partial charge < -0.3 is 11.1 Å². The molecule has 33 heavy (non-hydrogen) atoms. The molecule has 164 valence electrons. The van der Waals surface area contributed by atoms with E-state index in [1.54, 1.807) is 6.20 Å². The SMILES string of the molecule is CC(C)c1cnnc(Nc2ccc3ncc(-c4cnn(Cc5ccccc5N)c4)cc3n2)c1. The van der Waals surface area contributed by atoms with E-state index < -0.39 is 0 Å². The molecule has 0 saturated heterocycles. The zero-order chi connectivity index (χ0) is 22.8. The lowest BCUT2D eigenvalue weighted by Crippen LogP contribution is -2.02. The minimum atomic E-state index is 0.372. The molecule has 3 N–H and O–H groups in total. The van der Waals surface area contributed by atoms with Gasteiger partial charge in [-0.25, -0.2) is 4.98 Å². The number of nitrogens with two attached hydrogens (primary N) is 1. The molecule has 0 amide bonds. The molecule has 0 radical (unpaired) electrons. The number of hydrogen-bond donors (Lipinski definition) is 2. The van der Waals surface area contributed by atoms with Crippen LogP contribution in [0.2, 0.25) is 0 Å². The predicted octanol–water partition coefficient (Wildman–Crippen LogP) is 4.78. The van der Waals surface area contributed by atoms with Crippen LogP contribution in [0.1, 0.15) is 30.9 Å². The molecule has 0 aliphatic heterocycles. The third-order valence-electron chi connectivity index (χ3n) is 5.49. The molecule has 0 spiro atoms. The Kier molecular flexibility index (Phi) is 5.40. The highest BCUT2D eigenvalue weighted by Crippen LogP contribution is 2.24. The van der Waals surface area contributed by atoms with Crippen LogP contribution in [0.25, 0.3) is 22.2 Å². The van der Waals surface area contributed by atoms with Crippen molar-refractivity contribution in [2.45, 2.75) is 26.3 Å². The van der Waals surface area contributed by atoms with Gasteiger partial charge in [0.05, 0.1) is 30.0 Å². The number of pyridine rings is 2. The van der Waals surface area contributed by atoms with Gasteiger partial charge in [-0.1, -0.05) is 32.0 Å². The molecule has 0 aliphatic rings. The summed E-state index contributed by atoms with van der Waals surface area (Å²) in [6, 6.07) is 15.6. The average molecular weight is 437 g/mol. The number of rotatable bonds is 6. The number of fused-ring (bicyclic) bond motifs is 1. The molecule has 0 saturated carbocycles. The summed E-state index contributed by atoms with van der Waals surface area (Å²) in [5.74, 6) is 1.72. The van der Waals surface area contributed by atoms with Crippen molar-refractivity contribution in [1.82, 2.24) is 29.9 Å². The van der Waals surface area contributed by atoms with Crippen LogP contribution in [0.15, 0.2) is 73.3 Å². The maximum Gasteiger partial charge on any atom is 0.154 e. The number of nitrogens with one attached hydrogen (secondary N) is 1. The smallest absolute Gasteiger partial charge is 0.154 e. The van der Waals surface area contributed by atoms with Crippen LogP contribution in [0.5, 0.6) is 0 Å². The number of aromatic nitrogens is 6. The number of benzene rings is 1. The first-order valence-electron chi connectivity index (χ1n) is 10.8. The number of para-hydroxylation sites is 1. The monoisotopic (exact) mass is 436 g/mol. The molecule has 4 aromatic heterocycles. The number of anilines is 3. The van der Waals surface area contributed by atoms with E-state index in [1.807, 2.05) is 71.8 Å². The van der Waals surface area contributed by atoms with Gasteiger partial charge in [0.15, 0.2) is 5.82 Å². The molecule has 0 fully saturated rings. The number of nitrogen functional groups attached to an aromatic ring is 1. The summed E-state index contributed by atoms with van der Waals surface area (Å²) in [5, 5.41) is 16.0. The summed E-state index contributed by atoms with van der Waals surface area (Å²) in [7, 11) is 0. The van der Waals surface area contributed by atoms with Crippen LogP contribution in [-0.2, 0) is 6.54 Å². The predicted molar refractivity (Wildman–Crippen MR) is 130 cm³/mol. The van der Waals surface area contributed by atoms with E-state index in [4.69, 9.17) is 10.7 Å². The standard InChI is InChI=1S/C25H24N8/c1-16(2)18-10-25(32-28-12-18)31-24-8-7-22-23(30-24)9-19(11-27-22)20-13-29-33(15-20)14-17-5-3-4-6-21(17)26/h3-13,15-16H,14,26H2,1-2H3,(H,30,31,32). The quantitative estimate of drug-likeness (QED) is 0.369. The zero-order valence-electron chi connectivity index (χ0n) is 18.5. The molecule has 5 rings (SSSR count). The van der Waals surface area contributed by atoms with Crippen molar-refractivity contribution in [2.75, 3.05) is 11.1 Å².